The zero-order valence-corrected chi connectivity index (χ0v) is 10.7. The Balaban J connectivity index is 2.16. The first-order chi connectivity index (χ1) is 8.70. The maximum atomic E-state index is 4.45. The summed E-state index contributed by atoms with van der Waals surface area (Å²) in [5, 5.41) is 0. The summed E-state index contributed by atoms with van der Waals surface area (Å²) in [7, 11) is 2.08. The Morgan fingerprint density at radius 3 is 2.67 bits per heavy atom. The summed E-state index contributed by atoms with van der Waals surface area (Å²) in [6.45, 7) is 4.12. The molecule has 1 atom stereocenters. The lowest BCUT2D eigenvalue weighted by Gasteiger charge is -2.27. The van der Waals surface area contributed by atoms with Crippen LogP contribution in [-0.4, -0.2) is 28.2 Å². The highest BCUT2D eigenvalue weighted by molar-refractivity contribution is 5.81. The van der Waals surface area contributed by atoms with Gasteiger partial charge in [-0.1, -0.05) is 0 Å². The van der Waals surface area contributed by atoms with Crippen molar-refractivity contribution < 1.29 is 0 Å². The zero-order chi connectivity index (χ0) is 12.7. The fourth-order valence-corrected chi connectivity index (χ4v) is 2.37. The van der Waals surface area contributed by atoms with Crippen molar-refractivity contribution in [2.75, 3.05) is 16.8 Å². The van der Waals surface area contributed by atoms with Crippen molar-refractivity contribution in [2.45, 2.75) is 20.0 Å². The molecule has 3 heterocycles. The number of aryl methyl sites for hydroxylation is 1. The second-order valence-corrected chi connectivity index (χ2v) is 4.44. The van der Waals surface area contributed by atoms with Crippen LogP contribution in [0, 0.1) is 6.92 Å². The molecule has 5 nitrogen and oxygen atoms in total. The van der Waals surface area contributed by atoms with E-state index in [1.165, 1.54) is 5.69 Å². The highest BCUT2D eigenvalue weighted by atomic mass is 15.4. The number of aromatic nitrogens is 3. The molecular weight excluding hydrogens is 226 g/mol. The number of hydrogen-bond acceptors (Lipinski definition) is 5. The molecule has 3 rings (SSSR count). The summed E-state index contributed by atoms with van der Waals surface area (Å²) >= 11 is 0. The molecule has 0 aliphatic carbocycles. The van der Waals surface area contributed by atoms with Crippen LogP contribution < -0.4 is 9.80 Å². The molecule has 0 N–H and O–H groups in total. The molecule has 1 aliphatic rings. The number of rotatable bonds is 1. The van der Waals surface area contributed by atoms with E-state index in [0.717, 1.165) is 17.2 Å². The molecule has 2 aromatic heterocycles. The van der Waals surface area contributed by atoms with E-state index >= 15 is 0 Å². The Labute approximate surface area is 106 Å². The van der Waals surface area contributed by atoms with Crippen LogP contribution >= 0.6 is 0 Å². The molecule has 0 amide bonds. The Morgan fingerprint density at radius 1 is 1.11 bits per heavy atom. The van der Waals surface area contributed by atoms with E-state index in [4.69, 9.17) is 0 Å². The van der Waals surface area contributed by atoms with Crippen LogP contribution in [0.25, 0.3) is 0 Å². The maximum absolute atomic E-state index is 4.45. The first kappa shape index (κ1) is 11.0. The van der Waals surface area contributed by atoms with Gasteiger partial charge in [0.2, 0.25) is 0 Å². The summed E-state index contributed by atoms with van der Waals surface area (Å²) in [6.07, 6.45) is 7.34. The van der Waals surface area contributed by atoms with Crippen LogP contribution in [0.5, 0.6) is 0 Å². The summed E-state index contributed by atoms with van der Waals surface area (Å²) in [4.78, 5) is 17.4. The van der Waals surface area contributed by atoms with E-state index in [0.29, 0.717) is 0 Å². The second-order valence-electron chi connectivity index (χ2n) is 4.44. The molecule has 0 aromatic carbocycles. The van der Waals surface area contributed by atoms with Crippen LogP contribution in [0.3, 0.4) is 0 Å². The van der Waals surface area contributed by atoms with Gasteiger partial charge in [0.1, 0.15) is 6.17 Å². The molecule has 0 saturated carbocycles. The van der Waals surface area contributed by atoms with Gasteiger partial charge >= 0.3 is 0 Å². The highest BCUT2D eigenvalue weighted by Crippen LogP contribution is 2.42. The van der Waals surface area contributed by atoms with Gasteiger partial charge < -0.3 is 9.80 Å². The van der Waals surface area contributed by atoms with Crippen LogP contribution in [0.1, 0.15) is 12.6 Å². The minimum atomic E-state index is 0.208. The van der Waals surface area contributed by atoms with Crippen LogP contribution in [-0.2, 0) is 0 Å². The van der Waals surface area contributed by atoms with Crippen molar-refractivity contribution in [3.63, 3.8) is 0 Å². The van der Waals surface area contributed by atoms with Crippen molar-refractivity contribution in [1.29, 1.82) is 0 Å². The molecule has 0 saturated heterocycles. The van der Waals surface area contributed by atoms with Crippen molar-refractivity contribution in [3.8, 4) is 0 Å². The van der Waals surface area contributed by atoms with Gasteiger partial charge in [-0.05, 0) is 19.9 Å². The zero-order valence-electron chi connectivity index (χ0n) is 10.7. The Kier molecular flexibility index (Phi) is 2.40. The predicted molar refractivity (Wildman–Crippen MR) is 71.0 cm³/mol. The smallest absolute Gasteiger partial charge is 0.156 e. The lowest BCUT2D eigenvalue weighted by molar-refractivity contribution is 0.722. The number of nitrogens with zero attached hydrogens (tertiary/aromatic N) is 5. The third-order valence-corrected chi connectivity index (χ3v) is 3.43. The van der Waals surface area contributed by atoms with E-state index in [1.54, 1.807) is 12.4 Å². The lowest BCUT2D eigenvalue weighted by Crippen LogP contribution is -2.36. The second kappa shape index (κ2) is 3.94. The van der Waals surface area contributed by atoms with Gasteiger partial charge in [0.25, 0.3) is 0 Å². The minimum absolute atomic E-state index is 0.208. The summed E-state index contributed by atoms with van der Waals surface area (Å²) in [5.74, 6) is 0.892. The minimum Gasteiger partial charge on any atom is -0.352 e. The van der Waals surface area contributed by atoms with Crippen molar-refractivity contribution in [2.24, 2.45) is 0 Å². The quantitative estimate of drug-likeness (QED) is 0.765. The molecule has 2 aromatic rings. The van der Waals surface area contributed by atoms with Gasteiger partial charge in [0.15, 0.2) is 5.82 Å². The van der Waals surface area contributed by atoms with E-state index in [9.17, 15) is 0 Å². The van der Waals surface area contributed by atoms with Gasteiger partial charge in [-0.2, -0.15) is 0 Å². The van der Waals surface area contributed by atoms with Crippen molar-refractivity contribution in [1.82, 2.24) is 15.0 Å². The average molecular weight is 241 g/mol. The van der Waals surface area contributed by atoms with Gasteiger partial charge in [-0.3, -0.25) is 9.97 Å². The van der Waals surface area contributed by atoms with Crippen LogP contribution in [0.4, 0.5) is 17.2 Å². The molecule has 92 valence electrons. The van der Waals surface area contributed by atoms with Crippen molar-refractivity contribution >= 4 is 17.2 Å². The van der Waals surface area contributed by atoms with E-state index in [2.05, 4.69) is 38.7 Å². The third kappa shape index (κ3) is 1.44. The lowest BCUT2D eigenvalue weighted by atomic mass is 10.3. The van der Waals surface area contributed by atoms with Gasteiger partial charge in [0.05, 0.1) is 23.3 Å². The monoisotopic (exact) mass is 241 g/mol. The Morgan fingerprint density at radius 2 is 1.89 bits per heavy atom. The molecular formula is C13H15N5. The Bertz CT molecular complexity index is 583. The molecule has 0 bridgehead atoms. The van der Waals surface area contributed by atoms with Gasteiger partial charge in [0, 0.05) is 25.6 Å². The Hall–Kier alpha value is -2.17. The largest absolute Gasteiger partial charge is 0.352 e. The molecule has 1 unspecified atom stereocenters. The standard InChI is InChI=1S/C13H15N5/c1-9-13(16-7-6-15-9)18-10(2)17(3)11-4-5-14-8-12(11)18/h4-8,10H,1-3H3. The topological polar surface area (TPSA) is 45.2 Å². The van der Waals surface area contributed by atoms with E-state index < -0.39 is 0 Å². The first-order valence-corrected chi connectivity index (χ1v) is 5.94. The maximum Gasteiger partial charge on any atom is 0.156 e. The van der Waals surface area contributed by atoms with Crippen LogP contribution in [0.15, 0.2) is 30.9 Å². The molecule has 0 radical (unpaired) electrons. The predicted octanol–water partition coefficient (Wildman–Crippen LogP) is 2.11. The average Bonchev–Trinajstić information content (AvgIpc) is 2.64. The van der Waals surface area contributed by atoms with Gasteiger partial charge in [-0.15, -0.1) is 0 Å². The van der Waals surface area contributed by atoms with Crippen LogP contribution in [0.2, 0.25) is 0 Å². The SMILES string of the molecule is Cc1nccnc1N1c2cnccc2N(C)C1C. The molecule has 18 heavy (non-hydrogen) atoms. The fraction of sp³-hybridized carbons (Fsp3) is 0.308. The number of fused-ring (bicyclic) bond motifs is 1. The number of hydrogen-bond donors (Lipinski definition) is 0. The summed E-state index contributed by atoms with van der Waals surface area (Å²) < 4.78 is 0. The molecule has 0 fully saturated rings. The number of anilines is 3. The summed E-state index contributed by atoms with van der Waals surface area (Å²) in [5.41, 5.74) is 3.17. The normalized spacial score (nSPS) is 18.1. The molecule has 5 heteroatoms. The highest BCUT2D eigenvalue weighted by Gasteiger charge is 2.33. The van der Waals surface area contributed by atoms with Gasteiger partial charge in [-0.25, -0.2) is 4.98 Å². The first-order valence-electron chi connectivity index (χ1n) is 5.94. The fourth-order valence-electron chi connectivity index (χ4n) is 2.37. The molecule has 0 spiro atoms. The van der Waals surface area contributed by atoms with E-state index in [1.807, 2.05) is 25.4 Å². The summed E-state index contributed by atoms with van der Waals surface area (Å²) in [6, 6.07) is 2.03. The van der Waals surface area contributed by atoms with E-state index in [-0.39, 0.29) is 6.17 Å². The molecule has 1 aliphatic heterocycles. The number of pyridine rings is 1. The van der Waals surface area contributed by atoms with Crippen molar-refractivity contribution in [3.05, 3.63) is 36.5 Å². The third-order valence-electron chi connectivity index (χ3n) is 3.43.